The number of likely N-dealkylation sites (N-methyl/N-ethyl adjacent to an activating group) is 1. The van der Waals surface area contributed by atoms with Crippen LogP contribution >= 0.6 is 12.4 Å². The molecule has 29 heavy (non-hydrogen) atoms. The van der Waals surface area contributed by atoms with Gasteiger partial charge in [0.15, 0.2) is 0 Å². The van der Waals surface area contributed by atoms with E-state index in [2.05, 4.69) is 20.2 Å². The van der Waals surface area contributed by atoms with Gasteiger partial charge in [0, 0.05) is 24.0 Å². The summed E-state index contributed by atoms with van der Waals surface area (Å²) in [4.78, 5) is 23.0. The van der Waals surface area contributed by atoms with Crippen LogP contribution in [-0.2, 0) is 5.54 Å². The van der Waals surface area contributed by atoms with Gasteiger partial charge in [0.1, 0.15) is 29.0 Å². The highest BCUT2D eigenvalue weighted by atomic mass is 35.5. The smallest absolute Gasteiger partial charge is 0.274 e. The summed E-state index contributed by atoms with van der Waals surface area (Å²) >= 11 is 0. The zero-order valence-electron chi connectivity index (χ0n) is 16.1. The number of nitrogens with one attached hydrogen (secondary N) is 1. The molecule has 1 unspecified atom stereocenters. The standard InChI is InChI=1S/C20H21FN6O.ClH/c1-3-27-11-18(23)26-20(2,12-27)15-8-14(5-6-16(15)21)25-19(28)17-7-4-13(9-22)10-24-17;/h4-8,10H,3,11-12H2,1-2H3,(H2,23,26)(H,25,28);1H. The number of nitrogens with zero attached hydrogens (tertiary/aromatic N) is 4. The number of aromatic nitrogens is 1. The lowest BCUT2D eigenvalue weighted by Gasteiger charge is -2.37. The van der Waals surface area contributed by atoms with Crippen molar-refractivity contribution < 1.29 is 9.18 Å². The third-order valence-corrected chi connectivity index (χ3v) is 4.68. The van der Waals surface area contributed by atoms with Crippen LogP contribution in [0.1, 0.15) is 35.5 Å². The SMILES string of the molecule is CCN1CC(N)=NC(C)(c2cc(NC(=O)c3ccc(C#N)cn3)ccc2F)C1.Cl. The molecule has 152 valence electrons. The van der Waals surface area contributed by atoms with Crippen LogP contribution in [0.15, 0.2) is 41.5 Å². The molecule has 2 heterocycles. The van der Waals surface area contributed by atoms with Crippen molar-refractivity contribution in [2.75, 3.05) is 25.0 Å². The summed E-state index contributed by atoms with van der Waals surface area (Å²) in [5.74, 6) is -0.410. The molecule has 1 aromatic carbocycles. The average molecular weight is 417 g/mol. The number of rotatable bonds is 4. The number of carbonyl (C=O) groups excluding carboxylic acids is 1. The number of nitriles is 1. The molecule has 0 radical (unpaired) electrons. The third-order valence-electron chi connectivity index (χ3n) is 4.68. The van der Waals surface area contributed by atoms with Crippen molar-refractivity contribution in [2.24, 2.45) is 10.7 Å². The Labute approximate surface area is 174 Å². The third kappa shape index (κ3) is 4.88. The first-order valence-electron chi connectivity index (χ1n) is 8.88. The number of halogens is 2. The molecule has 3 N–H and O–H groups in total. The molecule has 0 spiro atoms. The molecular formula is C20H22ClFN6O. The summed E-state index contributed by atoms with van der Waals surface area (Å²) in [6, 6.07) is 9.29. The Hall–Kier alpha value is -3.02. The quantitative estimate of drug-likeness (QED) is 0.796. The van der Waals surface area contributed by atoms with Crippen molar-refractivity contribution in [2.45, 2.75) is 19.4 Å². The fraction of sp³-hybridized carbons (Fsp3) is 0.300. The van der Waals surface area contributed by atoms with Gasteiger partial charge in [-0.1, -0.05) is 6.92 Å². The van der Waals surface area contributed by atoms with Gasteiger partial charge in [-0.2, -0.15) is 5.26 Å². The minimum absolute atomic E-state index is 0. The van der Waals surface area contributed by atoms with Crippen molar-refractivity contribution >= 4 is 29.8 Å². The lowest BCUT2D eigenvalue weighted by atomic mass is 9.89. The topological polar surface area (TPSA) is 107 Å². The number of hydrogen-bond donors (Lipinski definition) is 2. The summed E-state index contributed by atoms with van der Waals surface area (Å²) < 4.78 is 14.6. The zero-order valence-corrected chi connectivity index (χ0v) is 17.0. The van der Waals surface area contributed by atoms with E-state index < -0.39 is 17.3 Å². The Kier molecular flexibility index (Phi) is 6.90. The molecule has 1 amide bonds. The highest BCUT2D eigenvalue weighted by Crippen LogP contribution is 2.33. The van der Waals surface area contributed by atoms with Gasteiger partial charge in [-0.3, -0.25) is 14.7 Å². The molecular weight excluding hydrogens is 395 g/mol. The van der Waals surface area contributed by atoms with Gasteiger partial charge in [-0.05, 0) is 43.8 Å². The van der Waals surface area contributed by atoms with Crippen LogP contribution in [0.3, 0.4) is 0 Å². The lowest BCUT2D eigenvalue weighted by molar-refractivity contribution is 0.102. The van der Waals surface area contributed by atoms with Gasteiger partial charge in [0.05, 0.1) is 12.1 Å². The average Bonchev–Trinajstić information content (AvgIpc) is 2.68. The molecule has 0 bridgehead atoms. The number of amides is 1. The van der Waals surface area contributed by atoms with Gasteiger partial charge < -0.3 is 11.1 Å². The number of anilines is 1. The molecule has 1 aliphatic heterocycles. The molecule has 3 rings (SSSR count). The van der Waals surface area contributed by atoms with E-state index in [1.54, 1.807) is 6.07 Å². The molecule has 0 fully saturated rings. The van der Waals surface area contributed by atoms with Gasteiger partial charge >= 0.3 is 0 Å². The van der Waals surface area contributed by atoms with Gasteiger partial charge in [0.25, 0.3) is 5.91 Å². The molecule has 1 atom stereocenters. The lowest BCUT2D eigenvalue weighted by Crippen LogP contribution is -2.48. The monoisotopic (exact) mass is 416 g/mol. The molecule has 9 heteroatoms. The number of carbonyl (C=O) groups is 1. The number of aliphatic imine (C=N–C) groups is 1. The van der Waals surface area contributed by atoms with Gasteiger partial charge in [0.2, 0.25) is 0 Å². The fourth-order valence-electron chi connectivity index (χ4n) is 3.28. The van der Waals surface area contributed by atoms with E-state index in [1.165, 1.54) is 30.5 Å². The van der Waals surface area contributed by atoms with E-state index in [1.807, 2.05) is 19.9 Å². The second-order valence-electron chi connectivity index (χ2n) is 6.87. The van der Waals surface area contributed by atoms with E-state index in [-0.39, 0.29) is 18.1 Å². The number of amidine groups is 1. The van der Waals surface area contributed by atoms with Crippen LogP contribution in [0.4, 0.5) is 10.1 Å². The fourth-order valence-corrected chi connectivity index (χ4v) is 3.28. The molecule has 0 saturated heterocycles. The van der Waals surface area contributed by atoms with Crippen molar-refractivity contribution in [1.29, 1.82) is 5.26 Å². The summed E-state index contributed by atoms with van der Waals surface area (Å²) in [5, 5.41) is 11.5. The Morgan fingerprint density at radius 2 is 2.17 bits per heavy atom. The molecule has 0 saturated carbocycles. The van der Waals surface area contributed by atoms with Gasteiger partial charge in [-0.25, -0.2) is 9.37 Å². The Balaban J connectivity index is 0.00000300. The van der Waals surface area contributed by atoms with Crippen LogP contribution in [-0.4, -0.2) is 41.3 Å². The number of nitrogens with two attached hydrogens (primary N) is 1. The molecule has 0 aliphatic carbocycles. The predicted molar refractivity (Wildman–Crippen MR) is 112 cm³/mol. The second kappa shape index (κ2) is 8.99. The van der Waals surface area contributed by atoms with Crippen molar-refractivity contribution in [3.63, 3.8) is 0 Å². The molecule has 7 nitrogen and oxygen atoms in total. The summed E-state index contributed by atoms with van der Waals surface area (Å²) in [6.07, 6.45) is 1.32. The minimum atomic E-state index is -0.851. The van der Waals surface area contributed by atoms with E-state index in [4.69, 9.17) is 11.0 Å². The van der Waals surface area contributed by atoms with E-state index >= 15 is 0 Å². The summed E-state index contributed by atoms with van der Waals surface area (Å²) in [6.45, 7) is 5.68. The number of pyridine rings is 1. The second-order valence-corrected chi connectivity index (χ2v) is 6.87. The molecule has 1 aromatic heterocycles. The van der Waals surface area contributed by atoms with Crippen molar-refractivity contribution in [3.8, 4) is 6.07 Å². The van der Waals surface area contributed by atoms with Gasteiger partial charge in [-0.15, -0.1) is 12.4 Å². The summed E-state index contributed by atoms with van der Waals surface area (Å²) in [7, 11) is 0. The van der Waals surface area contributed by atoms with Crippen LogP contribution in [0.2, 0.25) is 0 Å². The Morgan fingerprint density at radius 3 is 2.79 bits per heavy atom. The highest BCUT2D eigenvalue weighted by molar-refractivity contribution is 6.02. The van der Waals surface area contributed by atoms with Crippen LogP contribution < -0.4 is 11.1 Å². The van der Waals surface area contributed by atoms with Crippen molar-refractivity contribution in [3.05, 3.63) is 59.2 Å². The maximum absolute atomic E-state index is 14.6. The zero-order chi connectivity index (χ0) is 20.3. The van der Waals surface area contributed by atoms with E-state index in [0.717, 1.165) is 6.54 Å². The van der Waals surface area contributed by atoms with E-state index in [9.17, 15) is 9.18 Å². The predicted octanol–water partition coefficient (Wildman–Crippen LogP) is 2.67. The van der Waals surface area contributed by atoms with Crippen LogP contribution in [0, 0.1) is 17.1 Å². The normalized spacial score (nSPS) is 18.9. The van der Waals surface area contributed by atoms with Crippen LogP contribution in [0.5, 0.6) is 0 Å². The maximum Gasteiger partial charge on any atom is 0.274 e. The summed E-state index contributed by atoms with van der Waals surface area (Å²) in [5.41, 5.74) is 6.43. The molecule has 1 aliphatic rings. The molecule has 2 aromatic rings. The first-order valence-corrected chi connectivity index (χ1v) is 8.88. The van der Waals surface area contributed by atoms with E-state index in [0.29, 0.717) is 35.7 Å². The minimum Gasteiger partial charge on any atom is -0.386 e. The number of hydrogen-bond acceptors (Lipinski definition) is 6. The number of benzene rings is 1. The largest absolute Gasteiger partial charge is 0.386 e. The Bertz CT molecular complexity index is 972. The maximum atomic E-state index is 14.6. The first-order chi connectivity index (χ1) is 13.3. The first kappa shape index (κ1) is 22.3. The highest BCUT2D eigenvalue weighted by Gasteiger charge is 2.35. The van der Waals surface area contributed by atoms with Crippen LogP contribution in [0.25, 0.3) is 0 Å². The Morgan fingerprint density at radius 1 is 1.41 bits per heavy atom. The van der Waals surface area contributed by atoms with Crippen molar-refractivity contribution in [1.82, 2.24) is 9.88 Å².